The Morgan fingerprint density at radius 1 is 1.26 bits per heavy atom. The van der Waals surface area contributed by atoms with E-state index in [1.807, 2.05) is 13.0 Å². The Morgan fingerprint density at radius 3 is 2.67 bits per heavy atom. The fraction of sp³-hybridized carbons (Fsp3) is 0.545. The van der Waals surface area contributed by atoms with E-state index in [1.54, 1.807) is 6.92 Å². The van der Waals surface area contributed by atoms with E-state index in [9.17, 15) is 4.79 Å². The molecule has 0 saturated carbocycles. The van der Waals surface area contributed by atoms with Crippen molar-refractivity contribution in [1.82, 2.24) is 10.5 Å². The van der Waals surface area contributed by atoms with Crippen LogP contribution < -0.4 is 5.32 Å². The van der Waals surface area contributed by atoms with E-state index in [0.29, 0.717) is 24.3 Å². The first kappa shape index (κ1) is 19.6. The summed E-state index contributed by atoms with van der Waals surface area (Å²) in [6, 6.07) is 10.6. The molecule has 1 aliphatic heterocycles. The Morgan fingerprint density at radius 2 is 2.00 bits per heavy atom. The molecule has 1 aliphatic rings. The first-order chi connectivity index (χ1) is 12.9. The lowest BCUT2D eigenvalue weighted by atomic mass is 9.67. The lowest BCUT2D eigenvalue weighted by molar-refractivity contribution is -0.0838. The summed E-state index contributed by atoms with van der Waals surface area (Å²) in [5.41, 5.74) is 2.46. The van der Waals surface area contributed by atoms with Crippen molar-refractivity contribution in [2.24, 2.45) is 0 Å². The molecule has 1 fully saturated rings. The fourth-order valence-corrected chi connectivity index (χ4v) is 4.33. The van der Waals surface area contributed by atoms with Gasteiger partial charge in [-0.25, -0.2) is 0 Å². The van der Waals surface area contributed by atoms with E-state index in [1.165, 1.54) is 5.56 Å². The van der Waals surface area contributed by atoms with Gasteiger partial charge >= 0.3 is 0 Å². The summed E-state index contributed by atoms with van der Waals surface area (Å²) < 4.78 is 11.2. The predicted octanol–water partition coefficient (Wildman–Crippen LogP) is 4.19. The quantitative estimate of drug-likeness (QED) is 0.828. The van der Waals surface area contributed by atoms with Crippen LogP contribution in [0.2, 0.25) is 0 Å². The van der Waals surface area contributed by atoms with E-state index in [-0.39, 0.29) is 16.9 Å². The number of hydrogen-bond donors (Lipinski definition) is 1. The number of aryl methyl sites for hydroxylation is 2. The zero-order valence-corrected chi connectivity index (χ0v) is 16.8. The van der Waals surface area contributed by atoms with Crippen LogP contribution in [0.5, 0.6) is 0 Å². The third-order valence-electron chi connectivity index (χ3n) is 5.61. The van der Waals surface area contributed by atoms with E-state index in [2.05, 4.69) is 48.6 Å². The van der Waals surface area contributed by atoms with Crippen LogP contribution in [-0.4, -0.2) is 29.8 Å². The van der Waals surface area contributed by atoms with Gasteiger partial charge in [0.05, 0.1) is 11.3 Å². The largest absolute Gasteiger partial charge is 0.376 e. The average Bonchev–Trinajstić information content (AvgIpc) is 3.02. The van der Waals surface area contributed by atoms with Crippen LogP contribution in [0.1, 0.15) is 67.4 Å². The molecule has 1 aromatic carbocycles. The smallest absolute Gasteiger partial charge is 0.256 e. The Hall–Kier alpha value is -2.14. The van der Waals surface area contributed by atoms with Crippen molar-refractivity contribution < 1.29 is 14.1 Å². The summed E-state index contributed by atoms with van der Waals surface area (Å²) in [4.78, 5) is 12.7. The van der Waals surface area contributed by atoms with Crippen molar-refractivity contribution in [2.45, 2.75) is 64.4 Å². The van der Waals surface area contributed by atoms with E-state index in [4.69, 9.17) is 9.26 Å². The maximum Gasteiger partial charge on any atom is 0.256 e. The molecule has 5 heteroatoms. The molecule has 2 heterocycles. The summed E-state index contributed by atoms with van der Waals surface area (Å²) in [6.45, 7) is 9.40. The van der Waals surface area contributed by atoms with Crippen LogP contribution in [0.4, 0.5) is 0 Å². The van der Waals surface area contributed by atoms with E-state index >= 15 is 0 Å². The normalized spacial score (nSPS) is 21.8. The van der Waals surface area contributed by atoms with Gasteiger partial charge in [-0.05, 0) is 52.0 Å². The van der Waals surface area contributed by atoms with Crippen LogP contribution in [0.15, 0.2) is 34.9 Å². The molecule has 5 nitrogen and oxygen atoms in total. The van der Waals surface area contributed by atoms with Gasteiger partial charge in [-0.2, -0.15) is 0 Å². The number of nitrogens with zero attached hydrogens (tertiary/aromatic N) is 1. The molecule has 1 amide bonds. The molecule has 0 aliphatic carbocycles. The van der Waals surface area contributed by atoms with Crippen molar-refractivity contribution in [3.05, 3.63) is 52.9 Å². The second kappa shape index (κ2) is 7.85. The van der Waals surface area contributed by atoms with Gasteiger partial charge in [0.15, 0.2) is 0 Å². The highest BCUT2D eigenvalue weighted by molar-refractivity contribution is 5.96. The van der Waals surface area contributed by atoms with Crippen molar-refractivity contribution in [1.29, 1.82) is 0 Å². The third kappa shape index (κ3) is 4.24. The van der Waals surface area contributed by atoms with E-state index < -0.39 is 0 Å². The molecule has 0 bridgehead atoms. The number of aromatic nitrogens is 1. The van der Waals surface area contributed by atoms with Crippen LogP contribution in [0, 0.1) is 6.92 Å². The zero-order valence-electron chi connectivity index (χ0n) is 16.8. The SMILES string of the molecule is CCc1noc(C)c1C(=O)NCCC1(c2ccccc2)CCOC(C)(C)C1. The topological polar surface area (TPSA) is 64.4 Å². The maximum atomic E-state index is 12.7. The number of rotatable bonds is 6. The van der Waals surface area contributed by atoms with Crippen LogP contribution in [0.3, 0.4) is 0 Å². The molecule has 27 heavy (non-hydrogen) atoms. The minimum Gasteiger partial charge on any atom is -0.376 e. The minimum atomic E-state index is -0.168. The Kier molecular flexibility index (Phi) is 5.70. The third-order valence-corrected chi connectivity index (χ3v) is 5.61. The Bertz CT molecular complexity index is 782. The van der Waals surface area contributed by atoms with Gasteiger partial charge in [-0.1, -0.05) is 42.4 Å². The Balaban J connectivity index is 1.74. The number of amides is 1. The van der Waals surface area contributed by atoms with Gasteiger partial charge in [0.2, 0.25) is 0 Å². The van der Waals surface area contributed by atoms with Gasteiger partial charge in [-0.15, -0.1) is 0 Å². The zero-order chi connectivity index (χ0) is 19.5. The van der Waals surface area contributed by atoms with Crippen molar-refractivity contribution in [2.75, 3.05) is 13.2 Å². The number of benzene rings is 1. The molecule has 1 N–H and O–H groups in total. The van der Waals surface area contributed by atoms with Gasteiger partial charge in [0.1, 0.15) is 11.3 Å². The molecular weight excluding hydrogens is 340 g/mol. The van der Waals surface area contributed by atoms with E-state index in [0.717, 1.165) is 31.6 Å². The van der Waals surface area contributed by atoms with Crippen LogP contribution in [0.25, 0.3) is 0 Å². The number of hydrogen-bond acceptors (Lipinski definition) is 4. The lowest BCUT2D eigenvalue weighted by Crippen LogP contribution is -2.45. The molecule has 1 saturated heterocycles. The highest BCUT2D eigenvalue weighted by atomic mass is 16.5. The monoisotopic (exact) mass is 370 g/mol. The molecule has 0 radical (unpaired) electrons. The first-order valence-electron chi connectivity index (χ1n) is 9.80. The second-order valence-electron chi connectivity index (χ2n) is 8.10. The molecule has 0 spiro atoms. The molecule has 1 atom stereocenters. The summed E-state index contributed by atoms with van der Waals surface area (Å²) in [6.07, 6.45) is 3.45. The van der Waals surface area contributed by atoms with Crippen LogP contribution >= 0.6 is 0 Å². The lowest BCUT2D eigenvalue weighted by Gasteiger charge is -2.45. The highest BCUT2D eigenvalue weighted by Crippen LogP contribution is 2.43. The molecule has 146 valence electrons. The molecule has 1 unspecified atom stereocenters. The number of carbonyl (C=O) groups excluding carboxylic acids is 1. The van der Waals surface area contributed by atoms with Gasteiger partial charge in [0.25, 0.3) is 5.91 Å². The van der Waals surface area contributed by atoms with Crippen molar-refractivity contribution in [3.8, 4) is 0 Å². The van der Waals surface area contributed by atoms with Gasteiger partial charge < -0.3 is 14.6 Å². The molecule has 2 aromatic rings. The number of nitrogens with one attached hydrogen (secondary N) is 1. The van der Waals surface area contributed by atoms with Gasteiger partial charge in [0, 0.05) is 18.6 Å². The first-order valence-corrected chi connectivity index (χ1v) is 9.80. The fourth-order valence-electron chi connectivity index (χ4n) is 4.33. The summed E-state index contributed by atoms with van der Waals surface area (Å²) >= 11 is 0. The minimum absolute atomic E-state index is 0.00751. The highest BCUT2D eigenvalue weighted by Gasteiger charge is 2.41. The van der Waals surface area contributed by atoms with Gasteiger partial charge in [-0.3, -0.25) is 4.79 Å². The summed E-state index contributed by atoms with van der Waals surface area (Å²) in [5.74, 6) is 0.481. The summed E-state index contributed by atoms with van der Waals surface area (Å²) in [7, 11) is 0. The average molecular weight is 370 g/mol. The number of ether oxygens (including phenoxy) is 1. The second-order valence-corrected chi connectivity index (χ2v) is 8.10. The van der Waals surface area contributed by atoms with Crippen molar-refractivity contribution in [3.63, 3.8) is 0 Å². The molecular formula is C22H30N2O3. The maximum absolute atomic E-state index is 12.7. The standard InChI is InChI=1S/C22H30N2O3/c1-5-18-19(16(2)27-24-18)20(25)23-13-11-22(17-9-7-6-8-10-17)12-14-26-21(3,4)15-22/h6-10H,5,11-15H2,1-4H3,(H,23,25). The molecule has 1 aromatic heterocycles. The molecule has 3 rings (SSSR count). The predicted molar refractivity (Wildman–Crippen MR) is 105 cm³/mol. The number of carbonyl (C=O) groups is 1. The van der Waals surface area contributed by atoms with Crippen LogP contribution in [-0.2, 0) is 16.6 Å². The summed E-state index contributed by atoms with van der Waals surface area (Å²) in [5, 5.41) is 7.07. The van der Waals surface area contributed by atoms with Crippen molar-refractivity contribution >= 4 is 5.91 Å². The Labute approximate surface area is 161 Å².